The van der Waals surface area contributed by atoms with Crippen LogP contribution in [0.5, 0.6) is 5.75 Å². The maximum absolute atomic E-state index is 12.5. The summed E-state index contributed by atoms with van der Waals surface area (Å²) >= 11 is 0. The predicted octanol–water partition coefficient (Wildman–Crippen LogP) is 2.57. The van der Waals surface area contributed by atoms with Gasteiger partial charge in [0.2, 0.25) is 0 Å². The predicted molar refractivity (Wildman–Crippen MR) is 93.5 cm³/mol. The molecule has 7 nitrogen and oxygen atoms in total. The smallest absolute Gasteiger partial charge is 0.323 e. The number of nitrogens with one attached hydrogen (secondary N) is 1. The molecule has 1 atom stereocenters. The van der Waals surface area contributed by atoms with Crippen molar-refractivity contribution in [2.75, 3.05) is 25.0 Å². The highest BCUT2D eigenvalue weighted by atomic mass is 16.5. The van der Waals surface area contributed by atoms with E-state index in [1.54, 1.807) is 17.2 Å². The Hall–Kier alpha value is -2.67. The first-order chi connectivity index (χ1) is 12.0. The molecule has 1 aliphatic rings. The molecule has 0 radical (unpaired) electrons. The summed E-state index contributed by atoms with van der Waals surface area (Å²) in [6.45, 7) is 5.25. The fraction of sp³-hybridized carbons (Fsp3) is 0.389. The molecule has 7 heteroatoms. The number of urea groups is 1. The van der Waals surface area contributed by atoms with Crippen LogP contribution in [0.2, 0.25) is 0 Å². The van der Waals surface area contributed by atoms with E-state index in [2.05, 4.69) is 15.3 Å². The Kier molecular flexibility index (Phi) is 5.14. The van der Waals surface area contributed by atoms with Gasteiger partial charge in [0, 0.05) is 6.20 Å². The molecular formula is C18H22N4O3. The Morgan fingerprint density at radius 1 is 1.36 bits per heavy atom. The second-order valence-corrected chi connectivity index (χ2v) is 6.53. The zero-order valence-electron chi connectivity index (χ0n) is 14.4. The van der Waals surface area contributed by atoms with Gasteiger partial charge in [0.05, 0.1) is 18.7 Å². The molecule has 132 valence electrons. The quantitative estimate of drug-likeness (QED) is 0.924. The number of para-hydroxylation sites is 1. The lowest BCUT2D eigenvalue weighted by atomic mass is 10.1. The minimum absolute atomic E-state index is 0.208. The van der Waals surface area contributed by atoms with E-state index in [1.165, 1.54) is 6.33 Å². The van der Waals surface area contributed by atoms with Gasteiger partial charge in [-0.15, -0.1) is 0 Å². The lowest BCUT2D eigenvalue weighted by molar-refractivity contribution is -0.134. The summed E-state index contributed by atoms with van der Waals surface area (Å²) in [4.78, 5) is 22.1. The monoisotopic (exact) mass is 342 g/mol. The van der Waals surface area contributed by atoms with Gasteiger partial charge in [-0.3, -0.25) is 5.32 Å². The SMILES string of the molecule is CC1(C)CN(C(=O)Nc2ccncn2)C[C@@H](COc2ccccc2)O1. The zero-order valence-corrected chi connectivity index (χ0v) is 14.4. The Balaban J connectivity index is 1.61. The van der Waals surface area contributed by atoms with Crippen molar-refractivity contribution in [1.82, 2.24) is 14.9 Å². The van der Waals surface area contributed by atoms with Crippen LogP contribution in [0.25, 0.3) is 0 Å². The fourth-order valence-corrected chi connectivity index (χ4v) is 2.80. The first-order valence-electron chi connectivity index (χ1n) is 8.19. The van der Waals surface area contributed by atoms with Crippen molar-refractivity contribution in [1.29, 1.82) is 0 Å². The van der Waals surface area contributed by atoms with Gasteiger partial charge < -0.3 is 14.4 Å². The summed E-state index contributed by atoms with van der Waals surface area (Å²) in [5.41, 5.74) is -0.452. The molecule has 1 aromatic carbocycles. The molecule has 0 spiro atoms. The largest absolute Gasteiger partial charge is 0.491 e. The van der Waals surface area contributed by atoms with Crippen LogP contribution in [0, 0.1) is 0 Å². The minimum atomic E-state index is -0.452. The van der Waals surface area contributed by atoms with E-state index in [4.69, 9.17) is 9.47 Å². The van der Waals surface area contributed by atoms with Crippen molar-refractivity contribution < 1.29 is 14.3 Å². The Morgan fingerprint density at radius 3 is 2.88 bits per heavy atom. The van der Waals surface area contributed by atoms with Crippen LogP contribution in [-0.2, 0) is 4.74 Å². The van der Waals surface area contributed by atoms with E-state index < -0.39 is 5.60 Å². The third kappa shape index (κ3) is 4.90. The summed E-state index contributed by atoms with van der Waals surface area (Å²) in [6.07, 6.45) is 2.78. The van der Waals surface area contributed by atoms with Gasteiger partial charge in [-0.25, -0.2) is 14.8 Å². The zero-order chi connectivity index (χ0) is 17.7. The van der Waals surface area contributed by atoms with Crippen LogP contribution in [-0.4, -0.2) is 52.3 Å². The van der Waals surface area contributed by atoms with E-state index >= 15 is 0 Å². The number of benzene rings is 1. The first kappa shape index (κ1) is 17.2. The highest BCUT2D eigenvalue weighted by Crippen LogP contribution is 2.22. The van der Waals surface area contributed by atoms with Gasteiger partial charge >= 0.3 is 6.03 Å². The summed E-state index contributed by atoms with van der Waals surface area (Å²) < 4.78 is 11.8. The van der Waals surface area contributed by atoms with Crippen molar-refractivity contribution in [2.24, 2.45) is 0 Å². The molecule has 2 aromatic rings. The second kappa shape index (κ2) is 7.48. The number of ether oxygens (including phenoxy) is 2. The van der Waals surface area contributed by atoms with Crippen LogP contribution >= 0.6 is 0 Å². The number of carbonyl (C=O) groups excluding carboxylic acids is 1. The molecule has 2 amide bonds. The molecule has 25 heavy (non-hydrogen) atoms. The van der Waals surface area contributed by atoms with E-state index in [0.29, 0.717) is 25.5 Å². The fourth-order valence-electron chi connectivity index (χ4n) is 2.80. The number of carbonyl (C=O) groups is 1. The van der Waals surface area contributed by atoms with Crippen molar-refractivity contribution >= 4 is 11.8 Å². The molecule has 3 rings (SSSR count). The average molecular weight is 342 g/mol. The maximum atomic E-state index is 12.5. The van der Waals surface area contributed by atoms with Gasteiger partial charge in [-0.1, -0.05) is 18.2 Å². The Bertz CT molecular complexity index is 694. The number of hydrogen-bond donors (Lipinski definition) is 1. The molecule has 1 saturated heterocycles. The van der Waals surface area contributed by atoms with Gasteiger partial charge in [0.15, 0.2) is 0 Å². The molecule has 1 aromatic heterocycles. The van der Waals surface area contributed by atoms with Crippen molar-refractivity contribution in [3.05, 3.63) is 48.9 Å². The number of hydrogen-bond acceptors (Lipinski definition) is 5. The van der Waals surface area contributed by atoms with Crippen molar-refractivity contribution in [2.45, 2.75) is 25.6 Å². The molecule has 0 saturated carbocycles. The summed E-state index contributed by atoms with van der Waals surface area (Å²) in [6, 6.07) is 11.0. The summed E-state index contributed by atoms with van der Waals surface area (Å²) in [5, 5.41) is 2.78. The van der Waals surface area contributed by atoms with Crippen LogP contribution in [0.4, 0.5) is 10.6 Å². The number of aromatic nitrogens is 2. The Morgan fingerprint density at radius 2 is 2.16 bits per heavy atom. The van der Waals surface area contributed by atoms with E-state index in [-0.39, 0.29) is 12.1 Å². The molecule has 0 aliphatic carbocycles. The van der Waals surface area contributed by atoms with Gasteiger partial charge in [0.1, 0.15) is 30.6 Å². The van der Waals surface area contributed by atoms with E-state index in [9.17, 15) is 4.79 Å². The lowest BCUT2D eigenvalue weighted by Gasteiger charge is -2.42. The van der Waals surface area contributed by atoms with E-state index in [1.807, 2.05) is 44.2 Å². The average Bonchev–Trinajstić information content (AvgIpc) is 2.60. The third-order valence-corrected chi connectivity index (χ3v) is 3.76. The first-order valence-corrected chi connectivity index (χ1v) is 8.19. The highest BCUT2D eigenvalue weighted by molar-refractivity contribution is 5.88. The molecule has 2 heterocycles. The van der Waals surface area contributed by atoms with Gasteiger partial charge in [0.25, 0.3) is 0 Å². The van der Waals surface area contributed by atoms with Crippen LogP contribution in [0.1, 0.15) is 13.8 Å². The van der Waals surface area contributed by atoms with Crippen molar-refractivity contribution in [3.8, 4) is 5.75 Å². The highest BCUT2D eigenvalue weighted by Gasteiger charge is 2.36. The van der Waals surface area contributed by atoms with Crippen molar-refractivity contribution in [3.63, 3.8) is 0 Å². The lowest BCUT2D eigenvalue weighted by Crippen LogP contribution is -2.57. The minimum Gasteiger partial charge on any atom is -0.491 e. The standard InChI is InChI=1S/C18H22N4O3/c1-18(2)12-22(17(23)21-16-8-9-19-13-20-16)10-15(25-18)11-24-14-6-4-3-5-7-14/h3-9,13,15H,10-12H2,1-2H3,(H,19,20,21,23)/t15-/m0/s1. The third-order valence-electron chi connectivity index (χ3n) is 3.76. The maximum Gasteiger partial charge on any atom is 0.323 e. The topological polar surface area (TPSA) is 76.6 Å². The number of morpholine rings is 1. The number of amides is 2. The molecule has 1 aliphatic heterocycles. The molecule has 0 unspecified atom stereocenters. The molecule has 0 bridgehead atoms. The van der Waals surface area contributed by atoms with Crippen LogP contribution < -0.4 is 10.1 Å². The molecule has 1 N–H and O–H groups in total. The number of anilines is 1. The van der Waals surface area contributed by atoms with E-state index in [0.717, 1.165) is 5.75 Å². The molecular weight excluding hydrogens is 320 g/mol. The summed E-state index contributed by atoms with van der Waals surface area (Å²) in [5.74, 6) is 1.26. The normalized spacial score (nSPS) is 19.3. The van der Waals surface area contributed by atoms with Gasteiger partial charge in [-0.2, -0.15) is 0 Å². The van der Waals surface area contributed by atoms with Crippen LogP contribution in [0.3, 0.4) is 0 Å². The molecule has 1 fully saturated rings. The van der Waals surface area contributed by atoms with Crippen LogP contribution in [0.15, 0.2) is 48.9 Å². The summed E-state index contributed by atoms with van der Waals surface area (Å²) in [7, 11) is 0. The number of rotatable bonds is 4. The van der Waals surface area contributed by atoms with Gasteiger partial charge in [-0.05, 0) is 32.0 Å². The number of nitrogens with zero attached hydrogens (tertiary/aromatic N) is 3. The second-order valence-electron chi connectivity index (χ2n) is 6.53. The Labute approximate surface area is 147 Å².